The number of nitro groups is 1. The Morgan fingerprint density at radius 2 is 2.00 bits per heavy atom. The third kappa shape index (κ3) is 3.01. The molecular formula is C14H8FN3O3. The number of carbonyl (C=O) groups excluding carboxylic acids is 1. The second-order valence-electron chi connectivity index (χ2n) is 4.03. The predicted molar refractivity (Wildman–Crippen MR) is 72.2 cm³/mol. The van der Waals surface area contributed by atoms with Crippen LogP contribution in [0.15, 0.2) is 42.5 Å². The van der Waals surface area contributed by atoms with E-state index in [0.29, 0.717) is 0 Å². The molecular weight excluding hydrogens is 277 g/mol. The number of anilines is 1. The Morgan fingerprint density at radius 3 is 2.67 bits per heavy atom. The van der Waals surface area contributed by atoms with Crippen LogP contribution in [0.3, 0.4) is 0 Å². The first-order valence-corrected chi connectivity index (χ1v) is 5.77. The van der Waals surface area contributed by atoms with Crippen LogP contribution in [-0.4, -0.2) is 10.8 Å². The van der Waals surface area contributed by atoms with Crippen molar-refractivity contribution in [2.75, 3.05) is 5.32 Å². The molecule has 2 aromatic carbocycles. The first-order chi connectivity index (χ1) is 10.0. The molecule has 7 heteroatoms. The Bertz CT molecular complexity index is 768. The number of nitrogens with zero attached hydrogens (tertiary/aromatic N) is 2. The molecule has 0 heterocycles. The van der Waals surface area contributed by atoms with E-state index in [1.165, 1.54) is 30.3 Å². The van der Waals surface area contributed by atoms with Crippen molar-refractivity contribution in [3.8, 4) is 6.07 Å². The minimum absolute atomic E-state index is 0.120. The zero-order chi connectivity index (χ0) is 15.4. The van der Waals surface area contributed by atoms with Gasteiger partial charge in [0.05, 0.1) is 10.5 Å². The average Bonchev–Trinajstić information content (AvgIpc) is 2.49. The predicted octanol–water partition coefficient (Wildman–Crippen LogP) is 2.86. The molecule has 0 spiro atoms. The van der Waals surface area contributed by atoms with E-state index in [0.717, 1.165) is 12.1 Å². The number of hydrogen-bond donors (Lipinski definition) is 1. The second kappa shape index (κ2) is 5.79. The zero-order valence-electron chi connectivity index (χ0n) is 10.5. The SMILES string of the molecule is N#Cc1cc(NC(=O)c2ccccc2[N+](=O)[O-])ccc1F. The van der Waals surface area contributed by atoms with E-state index in [4.69, 9.17) is 5.26 Å². The topological polar surface area (TPSA) is 96.0 Å². The van der Waals surface area contributed by atoms with E-state index in [9.17, 15) is 19.3 Å². The standard InChI is InChI=1S/C14H8FN3O3/c15-12-6-5-10(7-9(12)8-16)17-14(19)11-3-1-2-4-13(11)18(20)21/h1-7H,(H,17,19). The maximum atomic E-state index is 13.2. The lowest BCUT2D eigenvalue weighted by Gasteiger charge is -2.06. The summed E-state index contributed by atoms with van der Waals surface area (Å²) in [5.41, 5.74) is -0.505. The molecule has 104 valence electrons. The molecule has 0 unspecified atom stereocenters. The van der Waals surface area contributed by atoms with Gasteiger partial charge in [-0.05, 0) is 24.3 Å². The van der Waals surface area contributed by atoms with Crippen molar-refractivity contribution >= 4 is 17.3 Å². The maximum absolute atomic E-state index is 13.2. The van der Waals surface area contributed by atoms with Crippen molar-refractivity contribution in [2.24, 2.45) is 0 Å². The van der Waals surface area contributed by atoms with Gasteiger partial charge in [-0.15, -0.1) is 0 Å². The van der Waals surface area contributed by atoms with Crippen LogP contribution in [0, 0.1) is 27.3 Å². The molecule has 0 saturated carbocycles. The minimum Gasteiger partial charge on any atom is -0.322 e. The lowest BCUT2D eigenvalue weighted by Crippen LogP contribution is -2.14. The lowest BCUT2D eigenvalue weighted by molar-refractivity contribution is -0.385. The van der Waals surface area contributed by atoms with Crippen LogP contribution >= 0.6 is 0 Å². The fourth-order valence-corrected chi connectivity index (χ4v) is 1.71. The summed E-state index contributed by atoms with van der Waals surface area (Å²) in [5, 5.41) is 22.0. The summed E-state index contributed by atoms with van der Waals surface area (Å²) in [5.74, 6) is -1.42. The normalized spacial score (nSPS) is 9.71. The highest BCUT2D eigenvalue weighted by molar-refractivity contribution is 6.07. The fraction of sp³-hybridized carbons (Fsp3) is 0. The van der Waals surface area contributed by atoms with Gasteiger partial charge >= 0.3 is 0 Å². The number of para-hydroxylation sites is 1. The molecule has 2 rings (SSSR count). The molecule has 1 amide bonds. The summed E-state index contributed by atoms with van der Waals surface area (Å²) in [7, 11) is 0. The molecule has 1 N–H and O–H groups in total. The number of nitriles is 1. The Kier molecular flexibility index (Phi) is 3.90. The zero-order valence-corrected chi connectivity index (χ0v) is 10.5. The van der Waals surface area contributed by atoms with Gasteiger partial charge in [0.15, 0.2) is 0 Å². The van der Waals surface area contributed by atoms with Gasteiger partial charge in [-0.2, -0.15) is 5.26 Å². The van der Waals surface area contributed by atoms with E-state index < -0.39 is 16.6 Å². The molecule has 0 radical (unpaired) electrons. The number of benzene rings is 2. The molecule has 0 saturated heterocycles. The van der Waals surface area contributed by atoms with E-state index in [1.807, 2.05) is 0 Å². The monoisotopic (exact) mass is 285 g/mol. The molecule has 0 fully saturated rings. The maximum Gasteiger partial charge on any atom is 0.282 e. The number of hydrogen-bond acceptors (Lipinski definition) is 4. The average molecular weight is 285 g/mol. The van der Waals surface area contributed by atoms with Crippen molar-refractivity contribution in [1.82, 2.24) is 0 Å². The van der Waals surface area contributed by atoms with Gasteiger partial charge in [-0.3, -0.25) is 14.9 Å². The quantitative estimate of drug-likeness (QED) is 0.692. The molecule has 0 aliphatic carbocycles. The van der Waals surface area contributed by atoms with Gasteiger partial charge in [0.2, 0.25) is 0 Å². The summed E-state index contributed by atoms with van der Waals surface area (Å²) in [6.07, 6.45) is 0. The third-order valence-electron chi connectivity index (χ3n) is 2.69. The molecule has 0 aromatic heterocycles. The Hall–Kier alpha value is -3.27. The Balaban J connectivity index is 2.31. The number of nitro benzene ring substituents is 1. The van der Waals surface area contributed by atoms with Crippen molar-refractivity contribution in [1.29, 1.82) is 5.26 Å². The summed E-state index contributed by atoms with van der Waals surface area (Å²) >= 11 is 0. The van der Waals surface area contributed by atoms with Crippen LogP contribution in [0.2, 0.25) is 0 Å². The van der Waals surface area contributed by atoms with Gasteiger partial charge < -0.3 is 5.32 Å². The van der Waals surface area contributed by atoms with Crippen molar-refractivity contribution in [2.45, 2.75) is 0 Å². The van der Waals surface area contributed by atoms with Crippen LogP contribution < -0.4 is 5.32 Å². The number of rotatable bonds is 3. The summed E-state index contributed by atoms with van der Waals surface area (Å²) in [4.78, 5) is 22.2. The third-order valence-corrected chi connectivity index (χ3v) is 2.69. The summed E-state index contributed by atoms with van der Waals surface area (Å²) in [6.45, 7) is 0. The molecule has 0 bridgehead atoms. The Morgan fingerprint density at radius 1 is 1.29 bits per heavy atom. The van der Waals surface area contributed by atoms with Crippen molar-refractivity contribution in [3.05, 3.63) is 69.5 Å². The molecule has 0 atom stereocenters. The smallest absolute Gasteiger partial charge is 0.282 e. The highest BCUT2D eigenvalue weighted by atomic mass is 19.1. The van der Waals surface area contributed by atoms with Crippen LogP contribution in [0.5, 0.6) is 0 Å². The van der Waals surface area contributed by atoms with E-state index in [1.54, 1.807) is 6.07 Å². The number of halogens is 1. The van der Waals surface area contributed by atoms with Crippen LogP contribution in [0.25, 0.3) is 0 Å². The highest BCUT2D eigenvalue weighted by Gasteiger charge is 2.19. The number of amides is 1. The molecule has 0 aliphatic rings. The van der Waals surface area contributed by atoms with Gasteiger partial charge in [-0.25, -0.2) is 4.39 Å². The highest BCUT2D eigenvalue weighted by Crippen LogP contribution is 2.20. The van der Waals surface area contributed by atoms with Gasteiger partial charge in [0.25, 0.3) is 11.6 Å². The second-order valence-corrected chi connectivity index (χ2v) is 4.03. The van der Waals surface area contributed by atoms with Crippen LogP contribution in [0.1, 0.15) is 15.9 Å². The summed E-state index contributed by atoms with van der Waals surface area (Å²) in [6, 6.07) is 10.6. The summed E-state index contributed by atoms with van der Waals surface area (Å²) < 4.78 is 13.2. The van der Waals surface area contributed by atoms with Crippen molar-refractivity contribution in [3.63, 3.8) is 0 Å². The molecule has 6 nitrogen and oxygen atoms in total. The first kappa shape index (κ1) is 14.1. The molecule has 2 aromatic rings. The van der Waals surface area contributed by atoms with Gasteiger partial charge in [-0.1, -0.05) is 12.1 Å². The van der Waals surface area contributed by atoms with Gasteiger partial charge in [0, 0.05) is 11.8 Å². The van der Waals surface area contributed by atoms with Crippen LogP contribution in [-0.2, 0) is 0 Å². The first-order valence-electron chi connectivity index (χ1n) is 5.77. The number of nitrogens with one attached hydrogen (secondary N) is 1. The lowest BCUT2D eigenvalue weighted by atomic mass is 10.1. The Labute approximate surface area is 118 Å². The van der Waals surface area contributed by atoms with Gasteiger partial charge in [0.1, 0.15) is 17.4 Å². The minimum atomic E-state index is -0.710. The largest absolute Gasteiger partial charge is 0.322 e. The van der Waals surface area contributed by atoms with E-state index in [-0.39, 0.29) is 22.5 Å². The van der Waals surface area contributed by atoms with Crippen LogP contribution in [0.4, 0.5) is 15.8 Å². The van der Waals surface area contributed by atoms with E-state index >= 15 is 0 Å². The van der Waals surface area contributed by atoms with Crippen molar-refractivity contribution < 1.29 is 14.1 Å². The fourth-order valence-electron chi connectivity index (χ4n) is 1.71. The molecule has 21 heavy (non-hydrogen) atoms. The van der Waals surface area contributed by atoms with E-state index in [2.05, 4.69) is 5.32 Å². The number of carbonyl (C=O) groups is 1. The molecule has 0 aliphatic heterocycles.